The van der Waals surface area contributed by atoms with E-state index in [9.17, 15) is 19.5 Å². The zero-order valence-electron chi connectivity index (χ0n) is 19.4. The topological polar surface area (TPSA) is 98.2 Å². The van der Waals surface area contributed by atoms with Crippen molar-refractivity contribution < 1.29 is 24.6 Å². The van der Waals surface area contributed by atoms with Crippen LogP contribution in [0.5, 0.6) is 0 Å². The fourth-order valence-corrected chi connectivity index (χ4v) is 4.42. The van der Waals surface area contributed by atoms with Crippen molar-refractivity contribution in [1.29, 1.82) is 0 Å². The second-order valence-corrected chi connectivity index (χ2v) is 9.34. The minimum Gasteiger partial charge on any atom is -0.507 e. The zero-order valence-corrected chi connectivity index (χ0v) is 20.9. The molecule has 1 atom stereocenters. The minimum atomic E-state index is -0.981. The number of aliphatic hydroxyl groups is 1. The number of carbonyl (C=O) groups excluding carboxylic acids is 2. The van der Waals surface area contributed by atoms with Gasteiger partial charge in [-0.05, 0) is 53.6 Å². The Bertz CT molecular complexity index is 1380. The van der Waals surface area contributed by atoms with E-state index in [0.717, 1.165) is 5.69 Å². The number of hydrogen-bond acceptors (Lipinski definition) is 5. The van der Waals surface area contributed by atoms with Gasteiger partial charge < -0.3 is 15.1 Å². The highest BCUT2D eigenvalue weighted by Crippen LogP contribution is 2.43. The van der Waals surface area contributed by atoms with Crippen LogP contribution < -0.4 is 9.80 Å². The van der Waals surface area contributed by atoms with Crippen LogP contribution in [-0.4, -0.2) is 42.0 Å². The van der Waals surface area contributed by atoms with Gasteiger partial charge in [-0.1, -0.05) is 47.5 Å². The number of hydrogen-bond donors (Lipinski definition) is 2. The summed E-state index contributed by atoms with van der Waals surface area (Å²) in [5.41, 5.74) is 2.61. The molecule has 1 heterocycles. The van der Waals surface area contributed by atoms with Crippen molar-refractivity contribution in [3.8, 4) is 0 Å². The highest BCUT2D eigenvalue weighted by Gasteiger charge is 2.47. The lowest BCUT2D eigenvalue weighted by atomic mass is 9.95. The molecule has 0 radical (unpaired) electrons. The molecule has 1 aliphatic heterocycles. The Morgan fingerprint density at radius 1 is 0.917 bits per heavy atom. The van der Waals surface area contributed by atoms with Gasteiger partial charge in [0.05, 0.1) is 28.1 Å². The molecule has 3 aromatic carbocycles. The van der Waals surface area contributed by atoms with Gasteiger partial charge in [0, 0.05) is 31.0 Å². The molecule has 2 N–H and O–H groups in total. The largest absolute Gasteiger partial charge is 0.507 e. The van der Waals surface area contributed by atoms with Crippen LogP contribution in [0.3, 0.4) is 0 Å². The van der Waals surface area contributed by atoms with E-state index >= 15 is 0 Å². The lowest BCUT2D eigenvalue weighted by molar-refractivity contribution is -0.136. The summed E-state index contributed by atoms with van der Waals surface area (Å²) in [6, 6.07) is 17.2. The van der Waals surface area contributed by atoms with Crippen molar-refractivity contribution in [2.75, 3.05) is 23.9 Å². The van der Waals surface area contributed by atoms with Gasteiger partial charge in [-0.3, -0.25) is 19.3 Å². The van der Waals surface area contributed by atoms with Crippen molar-refractivity contribution in [3.63, 3.8) is 0 Å². The molecule has 1 amide bonds. The van der Waals surface area contributed by atoms with Crippen LogP contribution >= 0.6 is 23.2 Å². The summed E-state index contributed by atoms with van der Waals surface area (Å²) in [5.74, 6) is -3.02. The summed E-state index contributed by atoms with van der Waals surface area (Å²) in [5, 5.41) is 20.7. The number of carboxylic acids is 1. The lowest BCUT2D eigenvalue weighted by Gasteiger charge is -2.26. The molecule has 0 aromatic heterocycles. The predicted molar refractivity (Wildman–Crippen MR) is 140 cm³/mol. The average molecular weight is 525 g/mol. The van der Waals surface area contributed by atoms with Crippen molar-refractivity contribution in [2.45, 2.75) is 12.5 Å². The van der Waals surface area contributed by atoms with Crippen LogP contribution in [0.15, 0.2) is 72.3 Å². The molecular formula is C27H22Cl2N2O5. The first-order valence-corrected chi connectivity index (χ1v) is 11.7. The number of nitrogens with zero attached hydrogens (tertiary/aromatic N) is 2. The van der Waals surface area contributed by atoms with Crippen LogP contribution in [0.2, 0.25) is 10.0 Å². The molecule has 1 fully saturated rings. The van der Waals surface area contributed by atoms with Gasteiger partial charge in [0.25, 0.3) is 11.7 Å². The quantitative estimate of drug-likeness (QED) is 0.257. The maximum atomic E-state index is 13.3. The van der Waals surface area contributed by atoms with Gasteiger partial charge in [0.2, 0.25) is 0 Å². The van der Waals surface area contributed by atoms with E-state index in [-0.39, 0.29) is 33.4 Å². The molecule has 184 valence electrons. The third kappa shape index (κ3) is 4.80. The number of halogens is 2. The molecule has 4 rings (SSSR count). The molecule has 0 saturated carbocycles. The van der Waals surface area contributed by atoms with Crippen LogP contribution in [0, 0.1) is 0 Å². The number of rotatable bonds is 6. The molecule has 0 aliphatic carbocycles. The number of anilines is 2. The summed E-state index contributed by atoms with van der Waals surface area (Å²) < 4.78 is 0. The zero-order chi connectivity index (χ0) is 26.1. The van der Waals surface area contributed by atoms with Gasteiger partial charge in [-0.2, -0.15) is 0 Å². The van der Waals surface area contributed by atoms with Gasteiger partial charge in [-0.15, -0.1) is 0 Å². The van der Waals surface area contributed by atoms with Crippen LogP contribution in [0.1, 0.15) is 22.7 Å². The van der Waals surface area contributed by atoms with Gasteiger partial charge >= 0.3 is 5.97 Å². The normalized spacial score (nSPS) is 16.9. The molecule has 7 nitrogen and oxygen atoms in total. The SMILES string of the molecule is CN(C)c1ccc(C2/C(=C(/O)c3ccc(Cl)c(Cl)c3)C(=O)C(=O)N2c2ccc(CC(=O)O)cc2)cc1. The Hall–Kier alpha value is -3.81. The third-order valence-corrected chi connectivity index (χ3v) is 6.67. The van der Waals surface area contributed by atoms with E-state index < -0.39 is 23.7 Å². The summed E-state index contributed by atoms with van der Waals surface area (Å²) in [4.78, 5) is 40.8. The van der Waals surface area contributed by atoms with E-state index in [1.165, 1.54) is 23.1 Å². The monoisotopic (exact) mass is 524 g/mol. The number of aliphatic carboxylic acids is 1. The van der Waals surface area contributed by atoms with Crippen molar-refractivity contribution in [3.05, 3.63) is 99.0 Å². The Morgan fingerprint density at radius 3 is 2.11 bits per heavy atom. The van der Waals surface area contributed by atoms with E-state index in [4.69, 9.17) is 28.3 Å². The molecule has 0 spiro atoms. The van der Waals surface area contributed by atoms with Crippen LogP contribution in [0.4, 0.5) is 11.4 Å². The maximum absolute atomic E-state index is 13.3. The minimum absolute atomic E-state index is 0.0920. The number of carbonyl (C=O) groups is 3. The summed E-state index contributed by atoms with van der Waals surface area (Å²) in [6.07, 6.45) is -0.175. The molecule has 3 aromatic rings. The first kappa shape index (κ1) is 25.3. The number of ketones is 1. The summed E-state index contributed by atoms with van der Waals surface area (Å²) >= 11 is 12.1. The number of aliphatic hydroxyl groups excluding tert-OH is 1. The summed E-state index contributed by atoms with van der Waals surface area (Å²) in [7, 11) is 3.79. The molecule has 9 heteroatoms. The van der Waals surface area contributed by atoms with Gasteiger partial charge in [-0.25, -0.2) is 0 Å². The van der Waals surface area contributed by atoms with Gasteiger partial charge in [0.15, 0.2) is 0 Å². The Kier molecular flexibility index (Phi) is 7.06. The molecule has 36 heavy (non-hydrogen) atoms. The van der Waals surface area contributed by atoms with Crippen molar-refractivity contribution in [1.82, 2.24) is 0 Å². The fraction of sp³-hybridized carbons (Fsp3) is 0.148. The lowest BCUT2D eigenvalue weighted by Crippen LogP contribution is -2.29. The standard InChI is InChI=1S/C27H22Cl2N2O5/c1-30(2)18-10-5-16(6-11-18)24-23(25(34)17-7-12-20(28)21(29)14-17)26(35)27(36)31(24)19-8-3-15(4-9-19)13-22(32)33/h3-12,14,24,34H,13H2,1-2H3,(H,32,33)/b25-23-. The molecular weight excluding hydrogens is 503 g/mol. The van der Waals surface area contributed by atoms with Crippen molar-refractivity contribution >= 4 is 58.0 Å². The molecule has 1 unspecified atom stereocenters. The summed E-state index contributed by atoms with van der Waals surface area (Å²) in [6.45, 7) is 0. The van der Waals surface area contributed by atoms with Gasteiger partial charge in [0.1, 0.15) is 5.76 Å². The number of carboxylic acid groups (broad SMARTS) is 1. The predicted octanol–water partition coefficient (Wildman–Crippen LogP) is 5.31. The first-order valence-electron chi connectivity index (χ1n) is 10.9. The number of amides is 1. The average Bonchev–Trinajstić information content (AvgIpc) is 3.11. The second kappa shape index (κ2) is 10.0. The van der Waals surface area contributed by atoms with E-state index in [0.29, 0.717) is 16.8 Å². The Labute approximate surface area is 217 Å². The smallest absolute Gasteiger partial charge is 0.307 e. The third-order valence-electron chi connectivity index (χ3n) is 5.93. The number of benzene rings is 3. The second-order valence-electron chi connectivity index (χ2n) is 8.52. The molecule has 1 saturated heterocycles. The Balaban J connectivity index is 1.88. The Morgan fingerprint density at radius 2 is 1.56 bits per heavy atom. The maximum Gasteiger partial charge on any atom is 0.307 e. The number of Topliss-reactive ketones (excluding diaryl/α,β-unsaturated/α-hetero) is 1. The highest BCUT2D eigenvalue weighted by atomic mass is 35.5. The van der Waals surface area contributed by atoms with E-state index in [2.05, 4.69) is 0 Å². The van der Waals surface area contributed by atoms with E-state index in [1.54, 1.807) is 36.4 Å². The van der Waals surface area contributed by atoms with Crippen molar-refractivity contribution in [2.24, 2.45) is 0 Å². The fourth-order valence-electron chi connectivity index (χ4n) is 4.12. The molecule has 1 aliphatic rings. The van der Waals surface area contributed by atoms with Crippen LogP contribution in [-0.2, 0) is 20.8 Å². The van der Waals surface area contributed by atoms with E-state index in [1.807, 2.05) is 31.1 Å². The molecule has 0 bridgehead atoms. The first-order chi connectivity index (χ1) is 17.1. The van der Waals surface area contributed by atoms with Crippen LogP contribution in [0.25, 0.3) is 5.76 Å². The highest BCUT2D eigenvalue weighted by molar-refractivity contribution is 6.51.